The molecule has 1 aromatic heterocycles. The fourth-order valence-electron chi connectivity index (χ4n) is 3.16. The van der Waals surface area contributed by atoms with E-state index >= 15 is 0 Å². The third kappa shape index (κ3) is 3.36. The van der Waals surface area contributed by atoms with Crippen LogP contribution in [0.15, 0.2) is 65.1 Å². The number of carbonyl (C=O) groups is 2. The molecule has 0 saturated heterocycles. The molecule has 0 atom stereocenters. The third-order valence-electron chi connectivity index (χ3n) is 4.45. The normalized spacial score (nSPS) is 13.1. The molecule has 3 aromatic rings. The van der Waals surface area contributed by atoms with Crippen LogP contribution >= 0.6 is 15.9 Å². The fraction of sp³-hybridized carbons (Fsp3) is 0.0952. The predicted molar refractivity (Wildman–Crippen MR) is 109 cm³/mol. The van der Waals surface area contributed by atoms with Crippen molar-refractivity contribution < 1.29 is 9.59 Å². The van der Waals surface area contributed by atoms with Crippen LogP contribution in [-0.2, 0) is 4.79 Å². The number of aryl methyl sites for hydroxylation is 1. The minimum Gasteiger partial charge on any atom is -0.323 e. The summed E-state index contributed by atoms with van der Waals surface area (Å²) in [6.07, 6.45) is 0. The number of aromatic nitrogens is 1. The second-order valence-corrected chi connectivity index (χ2v) is 7.21. The van der Waals surface area contributed by atoms with Crippen molar-refractivity contribution in [2.45, 2.75) is 6.92 Å². The van der Waals surface area contributed by atoms with Crippen LogP contribution in [0.25, 0.3) is 11.3 Å². The van der Waals surface area contributed by atoms with E-state index in [-0.39, 0.29) is 18.4 Å². The number of amides is 2. The maximum atomic E-state index is 13.1. The summed E-state index contributed by atoms with van der Waals surface area (Å²) in [7, 11) is 0. The molecule has 1 aliphatic rings. The first kappa shape index (κ1) is 17.4. The van der Waals surface area contributed by atoms with E-state index < -0.39 is 0 Å². The van der Waals surface area contributed by atoms with E-state index in [1.807, 2.05) is 55.5 Å². The van der Waals surface area contributed by atoms with Crippen molar-refractivity contribution in [1.82, 2.24) is 4.98 Å². The Balaban J connectivity index is 1.70. The van der Waals surface area contributed by atoms with E-state index in [1.165, 1.54) is 4.90 Å². The highest BCUT2D eigenvalue weighted by atomic mass is 79.9. The number of para-hydroxylation sites is 2. The number of carbonyl (C=O) groups excluding carboxylic acids is 2. The summed E-state index contributed by atoms with van der Waals surface area (Å²) in [5.74, 6) is -0.443. The summed E-state index contributed by atoms with van der Waals surface area (Å²) in [4.78, 5) is 31.2. The molecule has 0 unspecified atom stereocenters. The number of anilines is 2. The average Bonchev–Trinajstić information content (AvgIpc) is 2.66. The first-order valence-corrected chi connectivity index (χ1v) is 9.26. The lowest BCUT2D eigenvalue weighted by Crippen LogP contribution is -2.42. The number of nitrogens with one attached hydrogen (secondary N) is 1. The number of benzene rings is 2. The molecule has 6 heteroatoms. The van der Waals surface area contributed by atoms with Crippen LogP contribution in [0.3, 0.4) is 0 Å². The lowest BCUT2D eigenvalue weighted by Gasteiger charge is -2.29. The van der Waals surface area contributed by atoms with Gasteiger partial charge in [0.15, 0.2) is 0 Å². The Morgan fingerprint density at radius 3 is 2.70 bits per heavy atom. The first-order valence-electron chi connectivity index (χ1n) is 8.47. The molecule has 1 aliphatic heterocycles. The van der Waals surface area contributed by atoms with Crippen LogP contribution in [0.1, 0.15) is 16.1 Å². The summed E-state index contributed by atoms with van der Waals surface area (Å²) >= 11 is 3.46. The molecule has 27 heavy (non-hydrogen) atoms. The third-order valence-corrected chi connectivity index (χ3v) is 4.95. The Bertz CT molecular complexity index is 1060. The van der Waals surface area contributed by atoms with Crippen molar-refractivity contribution in [3.8, 4) is 11.3 Å². The standard InChI is InChI=1S/C21H16BrN3O2/c1-13-16(9-10-17(23-13)14-5-4-6-15(22)11-14)21(27)25-12-20(26)24-18-7-2-3-8-19(18)25/h2-11H,12H2,1H3,(H,24,26). The Hall–Kier alpha value is -2.99. The number of fused-ring (bicyclic) bond motifs is 1. The van der Waals surface area contributed by atoms with Gasteiger partial charge >= 0.3 is 0 Å². The highest BCUT2D eigenvalue weighted by Gasteiger charge is 2.28. The molecule has 0 radical (unpaired) electrons. The molecule has 2 aromatic carbocycles. The molecule has 2 amide bonds. The number of nitrogens with zero attached hydrogens (tertiary/aromatic N) is 2. The summed E-state index contributed by atoms with van der Waals surface area (Å²) in [6.45, 7) is 1.80. The Morgan fingerprint density at radius 1 is 1.11 bits per heavy atom. The van der Waals surface area contributed by atoms with Gasteiger partial charge in [-0.25, -0.2) is 0 Å². The number of hydrogen-bond acceptors (Lipinski definition) is 3. The fourth-order valence-corrected chi connectivity index (χ4v) is 3.55. The highest BCUT2D eigenvalue weighted by molar-refractivity contribution is 9.10. The van der Waals surface area contributed by atoms with Crippen molar-refractivity contribution in [3.05, 3.63) is 76.4 Å². The molecular formula is C21H16BrN3O2. The van der Waals surface area contributed by atoms with Gasteiger partial charge in [0, 0.05) is 10.0 Å². The average molecular weight is 422 g/mol. The lowest BCUT2D eigenvalue weighted by molar-refractivity contribution is -0.115. The van der Waals surface area contributed by atoms with E-state index in [2.05, 4.69) is 26.2 Å². The minimum atomic E-state index is -0.233. The zero-order valence-corrected chi connectivity index (χ0v) is 16.2. The van der Waals surface area contributed by atoms with E-state index in [1.54, 1.807) is 12.1 Å². The summed E-state index contributed by atoms with van der Waals surface area (Å²) in [5.41, 5.74) is 4.20. The molecule has 0 fully saturated rings. The monoisotopic (exact) mass is 421 g/mol. The van der Waals surface area contributed by atoms with E-state index in [0.717, 1.165) is 15.7 Å². The van der Waals surface area contributed by atoms with Gasteiger partial charge in [0.05, 0.1) is 28.3 Å². The largest absolute Gasteiger partial charge is 0.323 e. The van der Waals surface area contributed by atoms with Gasteiger partial charge in [-0.05, 0) is 43.3 Å². The molecule has 1 N–H and O–H groups in total. The maximum absolute atomic E-state index is 13.1. The van der Waals surface area contributed by atoms with Gasteiger partial charge in [-0.3, -0.25) is 19.5 Å². The van der Waals surface area contributed by atoms with Gasteiger partial charge in [0.2, 0.25) is 5.91 Å². The van der Waals surface area contributed by atoms with Gasteiger partial charge < -0.3 is 5.32 Å². The molecule has 4 rings (SSSR count). The van der Waals surface area contributed by atoms with Gasteiger partial charge in [-0.15, -0.1) is 0 Å². The van der Waals surface area contributed by atoms with Crippen molar-refractivity contribution in [1.29, 1.82) is 0 Å². The topological polar surface area (TPSA) is 62.3 Å². The Kier molecular flexibility index (Phi) is 4.49. The van der Waals surface area contributed by atoms with E-state index in [9.17, 15) is 9.59 Å². The maximum Gasteiger partial charge on any atom is 0.260 e. The van der Waals surface area contributed by atoms with Gasteiger partial charge in [0.1, 0.15) is 6.54 Å². The molecule has 0 bridgehead atoms. The molecule has 0 aliphatic carbocycles. The van der Waals surface area contributed by atoms with Crippen LogP contribution < -0.4 is 10.2 Å². The van der Waals surface area contributed by atoms with E-state index in [4.69, 9.17) is 0 Å². The van der Waals surface area contributed by atoms with E-state index in [0.29, 0.717) is 22.6 Å². The quantitative estimate of drug-likeness (QED) is 0.665. The Labute approximate surface area is 165 Å². The van der Waals surface area contributed by atoms with Crippen LogP contribution in [0.5, 0.6) is 0 Å². The number of rotatable bonds is 2. The van der Waals surface area contributed by atoms with Crippen molar-refractivity contribution in [3.63, 3.8) is 0 Å². The smallest absolute Gasteiger partial charge is 0.260 e. The van der Waals surface area contributed by atoms with Crippen molar-refractivity contribution >= 4 is 39.1 Å². The van der Waals surface area contributed by atoms with Crippen LogP contribution in [0.4, 0.5) is 11.4 Å². The molecule has 2 heterocycles. The molecule has 5 nitrogen and oxygen atoms in total. The minimum absolute atomic E-state index is 0.0112. The van der Waals surface area contributed by atoms with Crippen LogP contribution in [0, 0.1) is 6.92 Å². The van der Waals surface area contributed by atoms with Gasteiger partial charge in [-0.2, -0.15) is 0 Å². The molecular weight excluding hydrogens is 406 g/mol. The SMILES string of the molecule is Cc1nc(-c2cccc(Br)c2)ccc1C(=O)N1CC(=O)Nc2ccccc21. The molecule has 134 valence electrons. The first-order chi connectivity index (χ1) is 13.0. The predicted octanol–water partition coefficient (Wildman–Crippen LogP) is 4.42. The number of pyridine rings is 1. The van der Waals surface area contributed by atoms with Crippen LogP contribution in [0.2, 0.25) is 0 Å². The summed E-state index contributed by atoms with van der Waals surface area (Å²) in [6, 6.07) is 18.7. The molecule has 0 spiro atoms. The molecule has 0 saturated carbocycles. The zero-order chi connectivity index (χ0) is 19.0. The second kappa shape index (κ2) is 6.96. The zero-order valence-electron chi connectivity index (χ0n) is 14.6. The number of halogens is 1. The highest BCUT2D eigenvalue weighted by Crippen LogP contribution is 2.31. The Morgan fingerprint density at radius 2 is 1.93 bits per heavy atom. The number of hydrogen-bond donors (Lipinski definition) is 1. The van der Waals surface area contributed by atoms with Crippen molar-refractivity contribution in [2.75, 3.05) is 16.8 Å². The van der Waals surface area contributed by atoms with Crippen molar-refractivity contribution in [2.24, 2.45) is 0 Å². The summed E-state index contributed by atoms with van der Waals surface area (Å²) < 4.78 is 0.968. The lowest BCUT2D eigenvalue weighted by atomic mass is 10.1. The summed E-state index contributed by atoms with van der Waals surface area (Å²) in [5, 5.41) is 2.79. The van der Waals surface area contributed by atoms with Crippen LogP contribution in [-0.4, -0.2) is 23.3 Å². The van der Waals surface area contributed by atoms with Gasteiger partial charge in [0.25, 0.3) is 5.91 Å². The van der Waals surface area contributed by atoms with Gasteiger partial charge in [-0.1, -0.05) is 40.2 Å². The second-order valence-electron chi connectivity index (χ2n) is 6.30.